The first-order valence-corrected chi connectivity index (χ1v) is 6.54. The van der Waals surface area contributed by atoms with Crippen LogP contribution >= 0.6 is 0 Å². The van der Waals surface area contributed by atoms with E-state index in [1.54, 1.807) is 0 Å². The van der Waals surface area contributed by atoms with E-state index in [0.29, 0.717) is 12.1 Å². The van der Waals surface area contributed by atoms with Gasteiger partial charge in [-0.1, -0.05) is 0 Å². The molecule has 134 valence electrons. The zero-order chi connectivity index (χ0) is 19.6. The molecule has 0 radical (unpaired) electrons. The van der Waals surface area contributed by atoms with Crippen molar-refractivity contribution in [3.8, 4) is 0 Å². The zero-order valence-corrected chi connectivity index (χ0v) is 12.5. The standard InChI is InChI=1S/C12H8N6O8/c13-8-2-1-6(15(19)20)3-9(8)14-12-10(17(23)24)4-7(16(21)22)5-11(12)18(25)26/h1-5,14H,13H2. The number of anilines is 3. The lowest BCUT2D eigenvalue weighted by Gasteiger charge is -2.10. The molecule has 0 aliphatic rings. The summed E-state index contributed by atoms with van der Waals surface area (Å²) in [4.78, 5) is 40.2. The lowest BCUT2D eigenvalue weighted by Crippen LogP contribution is -2.05. The highest BCUT2D eigenvalue weighted by Crippen LogP contribution is 2.41. The Morgan fingerprint density at radius 3 is 1.65 bits per heavy atom. The summed E-state index contributed by atoms with van der Waals surface area (Å²) in [5, 5.41) is 46.4. The lowest BCUT2D eigenvalue weighted by molar-refractivity contribution is -0.401. The summed E-state index contributed by atoms with van der Waals surface area (Å²) in [7, 11) is 0. The molecule has 0 unspecified atom stereocenters. The molecule has 0 saturated heterocycles. The van der Waals surface area contributed by atoms with Crippen LogP contribution in [-0.2, 0) is 0 Å². The Balaban J connectivity index is 2.71. The Hall–Kier alpha value is -4.36. The number of hydrogen-bond acceptors (Lipinski definition) is 10. The number of nitro benzene ring substituents is 4. The number of nitrogens with two attached hydrogens (primary N) is 1. The maximum absolute atomic E-state index is 11.2. The van der Waals surface area contributed by atoms with Crippen molar-refractivity contribution in [1.82, 2.24) is 0 Å². The number of nitrogen functional groups attached to an aromatic ring is 1. The molecule has 3 N–H and O–H groups in total. The van der Waals surface area contributed by atoms with E-state index < -0.39 is 48.1 Å². The normalized spacial score (nSPS) is 10.2. The summed E-state index contributed by atoms with van der Waals surface area (Å²) in [6.07, 6.45) is 0. The molecule has 0 aromatic heterocycles. The molecule has 14 heteroatoms. The summed E-state index contributed by atoms with van der Waals surface area (Å²) in [5.41, 5.74) is 1.44. The average molecular weight is 364 g/mol. The smallest absolute Gasteiger partial charge is 0.306 e. The van der Waals surface area contributed by atoms with Gasteiger partial charge in [-0.15, -0.1) is 0 Å². The van der Waals surface area contributed by atoms with E-state index in [-0.39, 0.29) is 11.4 Å². The van der Waals surface area contributed by atoms with E-state index in [1.165, 1.54) is 0 Å². The predicted molar refractivity (Wildman–Crippen MR) is 87.2 cm³/mol. The van der Waals surface area contributed by atoms with E-state index in [0.717, 1.165) is 18.2 Å². The van der Waals surface area contributed by atoms with Gasteiger partial charge in [0.1, 0.15) is 0 Å². The van der Waals surface area contributed by atoms with Gasteiger partial charge in [-0.2, -0.15) is 0 Å². The molecular weight excluding hydrogens is 356 g/mol. The van der Waals surface area contributed by atoms with Gasteiger partial charge in [0.15, 0.2) is 5.69 Å². The quantitative estimate of drug-likeness (QED) is 0.434. The third kappa shape index (κ3) is 3.42. The Kier molecular flexibility index (Phi) is 4.59. The van der Waals surface area contributed by atoms with Crippen LogP contribution in [0.5, 0.6) is 0 Å². The summed E-state index contributed by atoms with van der Waals surface area (Å²) in [5.74, 6) is 0. The maximum atomic E-state index is 11.2. The first-order valence-electron chi connectivity index (χ1n) is 6.54. The van der Waals surface area contributed by atoms with Gasteiger partial charge in [-0.3, -0.25) is 40.5 Å². The predicted octanol–water partition coefficient (Wildman–Crippen LogP) is 2.65. The number of nitrogens with zero attached hydrogens (tertiary/aromatic N) is 4. The van der Waals surface area contributed by atoms with Gasteiger partial charge in [-0.25, -0.2) is 0 Å². The van der Waals surface area contributed by atoms with Crippen molar-refractivity contribution in [3.05, 3.63) is 70.8 Å². The van der Waals surface area contributed by atoms with Crippen LogP contribution < -0.4 is 11.1 Å². The van der Waals surface area contributed by atoms with Crippen molar-refractivity contribution in [3.63, 3.8) is 0 Å². The second kappa shape index (κ2) is 6.63. The highest BCUT2D eigenvalue weighted by atomic mass is 16.6. The molecule has 0 saturated carbocycles. The van der Waals surface area contributed by atoms with Crippen molar-refractivity contribution >= 4 is 39.8 Å². The zero-order valence-electron chi connectivity index (χ0n) is 12.5. The van der Waals surface area contributed by atoms with E-state index in [4.69, 9.17) is 5.73 Å². The van der Waals surface area contributed by atoms with Crippen LogP contribution in [0.1, 0.15) is 0 Å². The van der Waals surface area contributed by atoms with Crippen LogP contribution in [0.2, 0.25) is 0 Å². The summed E-state index contributed by atoms with van der Waals surface area (Å²) in [6.45, 7) is 0. The fourth-order valence-corrected chi connectivity index (χ4v) is 2.02. The minimum absolute atomic E-state index is 0.0856. The van der Waals surface area contributed by atoms with Gasteiger partial charge in [0.05, 0.1) is 43.2 Å². The highest BCUT2D eigenvalue weighted by molar-refractivity contribution is 5.85. The molecule has 0 atom stereocenters. The molecule has 0 amide bonds. The monoisotopic (exact) mass is 364 g/mol. The number of nitrogens with one attached hydrogen (secondary N) is 1. The Bertz CT molecular complexity index is 924. The van der Waals surface area contributed by atoms with Crippen molar-refractivity contribution < 1.29 is 19.7 Å². The fourth-order valence-electron chi connectivity index (χ4n) is 2.02. The highest BCUT2D eigenvalue weighted by Gasteiger charge is 2.31. The molecule has 0 bridgehead atoms. The topological polar surface area (TPSA) is 211 Å². The molecule has 14 nitrogen and oxygen atoms in total. The SMILES string of the molecule is Nc1ccc([N+](=O)[O-])cc1Nc1c([N+](=O)[O-])cc([N+](=O)[O-])cc1[N+](=O)[O-]. The second-order valence-corrected chi connectivity index (χ2v) is 4.78. The molecule has 26 heavy (non-hydrogen) atoms. The molecule has 0 spiro atoms. The third-order valence-electron chi connectivity index (χ3n) is 3.19. The minimum atomic E-state index is -1.06. The van der Waals surface area contributed by atoms with E-state index in [1.807, 2.05) is 0 Å². The van der Waals surface area contributed by atoms with E-state index in [9.17, 15) is 40.5 Å². The van der Waals surface area contributed by atoms with Crippen LogP contribution in [0.3, 0.4) is 0 Å². The maximum Gasteiger partial charge on any atom is 0.306 e. The molecule has 2 rings (SSSR count). The summed E-state index contributed by atoms with van der Waals surface area (Å²) in [6, 6.07) is 4.18. The van der Waals surface area contributed by atoms with Crippen molar-refractivity contribution in [2.75, 3.05) is 11.1 Å². The number of benzene rings is 2. The van der Waals surface area contributed by atoms with Gasteiger partial charge < -0.3 is 11.1 Å². The van der Waals surface area contributed by atoms with Crippen LogP contribution in [0, 0.1) is 40.5 Å². The van der Waals surface area contributed by atoms with E-state index >= 15 is 0 Å². The van der Waals surface area contributed by atoms with Gasteiger partial charge in [0, 0.05) is 12.1 Å². The van der Waals surface area contributed by atoms with Gasteiger partial charge in [-0.05, 0) is 6.07 Å². The van der Waals surface area contributed by atoms with E-state index in [2.05, 4.69) is 5.32 Å². The average Bonchev–Trinajstić information content (AvgIpc) is 2.55. The van der Waals surface area contributed by atoms with Gasteiger partial charge >= 0.3 is 11.4 Å². The number of rotatable bonds is 6. The first kappa shape index (κ1) is 18.0. The Morgan fingerprint density at radius 1 is 0.731 bits per heavy atom. The molecule has 0 fully saturated rings. The van der Waals surface area contributed by atoms with Crippen LogP contribution in [0.15, 0.2) is 30.3 Å². The summed E-state index contributed by atoms with van der Waals surface area (Å²) >= 11 is 0. The van der Waals surface area contributed by atoms with Crippen molar-refractivity contribution in [1.29, 1.82) is 0 Å². The van der Waals surface area contributed by atoms with Crippen LogP contribution in [0.25, 0.3) is 0 Å². The number of non-ortho nitro benzene ring substituents is 2. The number of hydrogen-bond donors (Lipinski definition) is 2. The Morgan fingerprint density at radius 2 is 1.23 bits per heavy atom. The number of nitro groups is 4. The molecule has 2 aromatic rings. The largest absolute Gasteiger partial charge is 0.397 e. The second-order valence-electron chi connectivity index (χ2n) is 4.78. The summed E-state index contributed by atoms with van der Waals surface area (Å²) < 4.78 is 0. The van der Waals surface area contributed by atoms with Crippen molar-refractivity contribution in [2.45, 2.75) is 0 Å². The molecular formula is C12H8N6O8. The third-order valence-corrected chi connectivity index (χ3v) is 3.19. The van der Waals surface area contributed by atoms with Gasteiger partial charge in [0.25, 0.3) is 11.4 Å². The van der Waals surface area contributed by atoms with Crippen molar-refractivity contribution in [2.24, 2.45) is 0 Å². The Labute approximate surface area is 142 Å². The van der Waals surface area contributed by atoms with Crippen LogP contribution in [0.4, 0.5) is 39.8 Å². The lowest BCUT2D eigenvalue weighted by atomic mass is 10.1. The van der Waals surface area contributed by atoms with Crippen LogP contribution in [-0.4, -0.2) is 19.7 Å². The first-order chi connectivity index (χ1) is 12.1. The molecule has 0 aliphatic heterocycles. The van der Waals surface area contributed by atoms with Gasteiger partial charge in [0.2, 0.25) is 0 Å². The molecule has 2 aromatic carbocycles. The fraction of sp³-hybridized carbons (Fsp3) is 0. The molecule has 0 aliphatic carbocycles. The minimum Gasteiger partial charge on any atom is -0.397 e. The molecule has 0 heterocycles.